The number of esters is 1. The van der Waals surface area contributed by atoms with Gasteiger partial charge < -0.3 is 4.74 Å². The van der Waals surface area contributed by atoms with Crippen molar-refractivity contribution >= 4 is 5.97 Å². The van der Waals surface area contributed by atoms with Crippen LogP contribution in [0.25, 0.3) is 0 Å². The van der Waals surface area contributed by atoms with Crippen molar-refractivity contribution in [1.82, 2.24) is 0 Å². The quantitative estimate of drug-likeness (QED) is 0.701. The lowest BCUT2D eigenvalue weighted by Gasteiger charge is -2.03. The molecule has 0 heterocycles. The Labute approximate surface area is 80.5 Å². The van der Waals surface area contributed by atoms with Crippen LogP contribution in [0.3, 0.4) is 0 Å². The Bertz CT molecular complexity index is 324. The number of carbonyl (C=O) groups excluding carboxylic acids is 1. The van der Waals surface area contributed by atoms with Crippen LogP contribution < -0.4 is 0 Å². The van der Waals surface area contributed by atoms with E-state index in [2.05, 4.69) is 4.74 Å². The summed E-state index contributed by atoms with van der Waals surface area (Å²) < 4.78 is 29.2. The minimum absolute atomic E-state index is 0.157. The Balaban J connectivity index is 2.88. The molecule has 0 N–H and O–H groups in total. The van der Waals surface area contributed by atoms with E-state index in [9.17, 15) is 13.6 Å². The molecule has 0 fully saturated rings. The first kappa shape index (κ1) is 10.6. The Hall–Kier alpha value is -1.45. The first-order chi connectivity index (χ1) is 6.65. The van der Waals surface area contributed by atoms with Gasteiger partial charge in [0, 0.05) is 5.56 Å². The SMILES string of the molecule is CCOC(=O)c1cccc(C(F)F)c1. The van der Waals surface area contributed by atoms with Gasteiger partial charge in [0.05, 0.1) is 12.2 Å². The van der Waals surface area contributed by atoms with Crippen LogP contribution in [0.2, 0.25) is 0 Å². The lowest BCUT2D eigenvalue weighted by atomic mass is 10.1. The van der Waals surface area contributed by atoms with Crippen molar-refractivity contribution in [3.8, 4) is 0 Å². The lowest BCUT2D eigenvalue weighted by molar-refractivity contribution is 0.0526. The number of hydrogen-bond donors (Lipinski definition) is 0. The zero-order chi connectivity index (χ0) is 10.6. The largest absolute Gasteiger partial charge is 0.462 e. The highest BCUT2D eigenvalue weighted by Gasteiger charge is 2.11. The van der Waals surface area contributed by atoms with E-state index in [0.29, 0.717) is 0 Å². The summed E-state index contributed by atoms with van der Waals surface area (Å²) in [7, 11) is 0. The van der Waals surface area contributed by atoms with Gasteiger partial charge in [-0.1, -0.05) is 12.1 Å². The molecule has 0 aromatic heterocycles. The molecular weight excluding hydrogens is 190 g/mol. The van der Waals surface area contributed by atoms with E-state index in [4.69, 9.17) is 0 Å². The van der Waals surface area contributed by atoms with Crippen molar-refractivity contribution in [3.05, 3.63) is 35.4 Å². The van der Waals surface area contributed by atoms with Crippen LogP contribution in [0.15, 0.2) is 24.3 Å². The van der Waals surface area contributed by atoms with Crippen LogP contribution in [0, 0.1) is 0 Å². The molecule has 0 saturated heterocycles. The van der Waals surface area contributed by atoms with Gasteiger partial charge in [-0.3, -0.25) is 0 Å². The molecule has 1 aromatic rings. The predicted molar refractivity (Wildman–Crippen MR) is 47.4 cm³/mol. The second-order valence-electron chi connectivity index (χ2n) is 2.65. The molecule has 1 aromatic carbocycles. The highest BCUT2D eigenvalue weighted by molar-refractivity contribution is 5.89. The average molecular weight is 200 g/mol. The van der Waals surface area contributed by atoms with E-state index < -0.39 is 12.4 Å². The smallest absolute Gasteiger partial charge is 0.338 e. The monoisotopic (exact) mass is 200 g/mol. The van der Waals surface area contributed by atoms with Crippen molar-refractivity contribution in [2.24, 2.45) is 0 Å². The number of halogens is 2. The van der Waals surface area contributed by atoms with Gasteiger partial charge in [0.25, 0.3) is 6.43 Å². The average Bonchev–Trinajstić information content (AvgIpc) is 2.18. The minimum Gasteiger partial charge on any atom is -0.462 e. The van der Waals surface area contributed by atoms with Crippen LogP contribution in [-0.2, 0) is 4.74 Å². The Morgan fingerprint density at radius 3 is 2.79 bits per heavy atom. The van der Waals surface area contributed by atoms with Crippen molar-refractivity contribution in [2.75, 3.05) is 6.61 Å². The number of alkyl halides is 2. The Kier molecular flexibility index (Phi) is 3.56. The molecule has 0 atom stereocenters. The fraction of sp³-hybridized carbons (Fsp3) is 0.300. The van der Waals surface area contributed by atoms with Crippen LogP contribution in [-0.4, -0.2) is 12.6 Å². The molecule has 0 aliphatic heterocycles. The zero-order valence-electron chi connectivity index (χ0n) is 7.67. The summed E-state index contributed by atoms with van der Waals surface area (Å²) >= 11 is 0. The van der Waals surface area contributed by atoms with E-state index in [0.717, 1.165) is 6.07 Å². The van der Waals surface area contributed by atoms with Gasteiger partial charge in [-0.2, -0.15) is 0 Å². The number of carbonyl (C=O) groups is 1. The van der Waals surface area contributed by atoms with Gasteiger partial charge in [0.15, 0.2) is 0 Å². The summed E-state index contributed by atoms with van der Waals surface area (Å²) in [6, 6.07) is 5.27. The highest BCUT2D eigenvalue weighted by Crippen LogP contribution is 2.19. The Morgan fingerprint density at radius 1 is 1.50 bits per heavy atom. The maximum Gasteiger partial charge on any atom is 0.338 e. The van der Waals surface area contributed by atoms with E-state index in [1.807, 2.05) is 0 Å². The zero-order valence-corrected chi connectivity index (χ0v) is 7.67. The fourth-order valence-corrected chi connectivity index (χ4v) is 1.02. The third-order valence-corrected chi connectivity index (χ3v) is 1.65. The molecule has 76 valence electrons. The maximum absolute atomic E-state index is 12.2. The summed E-state index contributed by atoms with van der Waals surface area (Å²) in [4.78, 5) is 11.2. The minimum atomic E-state index is -2.57. The molecule has 0 spiro atoms. The highest BCUT2D eigenvalue weighted by atomic mass is 19.3. The third kappa shape index (κ3) is 2.52. The molecule has 2 nitrogen and oxygen atoms in total. The van der Waals surface area contributed by atoms with Crippen LogP contribution in [0.4, 0.5) is 8.78 Å². The van der Waals surface area contributed by atoms with E-state index in [1.54, 1.807) is 6.92 Å². The van der Waals surface area contributed by atoms with E-state index in [-0.39, 0.29) is 17.7 Å². The second-order valence-corrected chi connectivity index (χ2v) is 2.65. The lowest BCUT2D eigenvalue weighted by Crippen LogP contribution is -2.04. The van der Waals surface area contributed by atoms with Gasteiger partial charge in [-0.05, 0) is 19.1 Å². The van der Waals surface area contributed by atoms with E-state index in [1.165, 1.54) is 18.2 Å². The van der Waals surface area contributed by atoms with Gasteiger partial charge in [-0.25, -0.2) is 13.6 Å². The molecule has 0 bridgehead atoms. The molecule has 0 amide bonds. The van der Waals surface area contributed by atoms with Crippen molar-refractivity contribution < 1.29 is 18.3 Å². The number of benzene rings is 1. The van der Waals surface area contributed by atoms with Crippen LogP contribution in [0.1, 0.15) is 29.3 Å². The number of hydrogen-bond acceptors (Lipinski definition) is 2. The molecule has 0 aliphatic carbocycles. The van der Waals surface area contributed by atoms with Gasteiger partial charge >= 0.3 is 5.97 Å². The topological polar surface area (TPSA) is 26.3 Å². The molecule has 0 aliphatic rings. The summed E-state index contributed by atoms with van der Waals surface area (Å²) in [5.41, 5.74) is -0.0137. The molecule has 0 radical (unpaired) electrons. The molecule has 14 heavy (non-hydrogen) atoms. The summed E-state index contributed by atoms with van der Waals surface area (Å²) in [5, 5.41) is 0. The summed E-state index contributed by atoms with van der Waals surface area (Å²) in [6.07, 6.45) is -2.57. The van der Waals surface area contributed by atoms with Crippen molar-refractivity contribution in [3.63, 3.8) is 0 Å². The van der Waals surface area contributed by atoms with Crippen molar-refractivity contribution in [2.45, 2.75) is 13.3 Å². The first-order valence-corrected chi connectivity index (χ1v) is 4.20. The molecule has 1 rings (SSSR count). The predicted octanol–water partition coefficient (Wildman–Crippen LogP) is 2.80. The van der Waals surface area contributed by atoms with Gasteiger partial charge in [0.1, 0.15) is 0 Å². The Morgan fingerprint density at radius 2 is 2.21 bits per heavy atom. The molecule has 4 heteroatoms. The standard InChI is InChI=1S/C10H10F2O2/c1-2-14-10(13)8-5-3-4-7(6-8)9(11)12/h3-6,9H,2H2,1H3. The molecular formula is C10H10F2O2. The fourth-order valence-electron chi connectivity index (χ4n) is 1.02. The molecule has 0 unspecified atom stereocenters. The second kappa shape index (κ2) is 4.69. The normalized spacial score (nSPS) is 10.3. The van der Waals surface area contributed by atoms with Gasteiger partial charge in [-0.15, -0.1) is 0 Å². The third-order valence-electron chi connectivity index (χ3n) is 1.65. The van der Waals surface area contributed by atoms with E-state index >= 15 is 0 Å². The van der Waals surface area contributed by atoms with Crippen LogP contribution >= 0.6 is 0 Å². The first-order valence-electron chi connectivity index (χ1n) is 4.20. The maximum atomic E-state index is 12.2. The van der Waals surface area contributed by atoms with Crippen LogP contribution in [0.5, 0.6) is 0 Å². The number of rotatable bonds is 3. The van der Waals surface area contributed by atoms with Gasteiger partial charge in [0.2, 0.25) is 0 Å². The molecule has 0 saturated carbocycles. The summed E-state index contributed by atoms with van der Waals surface area (Å²) in [5.74, 6) is -0.574. The summed E-state index contributed by atoms with van der Waals surface area (Å²) in [6.45, 7) is 1.90. The van der Waals surface area contributed by atoms with Crippen molar-refractivity contribution in [1.29, 1.82) is 0 Å². The number of ether oxygens (including phenoxy) is 1.